The molecule has 1 N–H and O–H groups in total. The van der Waals surface area contributed by atoms with Crippen LogP contribution in [-0.2, 0) is 6.54 Å². The van der Waals surface area contributed by atoms with Crippen LogP contribution in [0.5, 0.6) is 0 Å². The number of hydrogen-bond donors (Lipinski definition) is 1. The molecule has 0 spiro atoms. The maximum absolute atomic E-state index is 13.5. The average Bonchev–Trinajstić information content (AvgIpc) is 2.62. The van der Waals surface area contributed by atoms with E-state index in [-0.39, 0.29) is 0 Å². The SMILES string of the molecule is Cc1ccsc1CNc1c(F)cc(F)cc1Br. The number of aryl methyl sites for hydroxylation is 1. The number of nitrogens with one attached hydrogen (secondary N) is 1. The normalized spacial score (nSPS) is 10.6. The minimum atomic E-state index is -0.592. The fraction of sp³-hybridized carbons (Fsp3) is 0.167. The van der Waals surface area contributed by atoms with E-state index in [0.29, 0.717) is 16.7 Å². The molecule has 0 amide bonds. The van der Waals surface area contributed by atoms with Crippen LogP contribution < -0.4 is 5.32 Å². The predicted molar refractivity (Wildman–Crippen MR) is 70.4 cm³/mol. The van der Waals surface area contributed by atoms with Crippen molar-refractivity contribution >= 4 is 33.0 Å². The molecule has 0 aliphatic heterocycles. The number of hydrogen-bond acceptors (Lipinski definition) is 2. The van der Waals surface area contributed by atoms with Crippen LogP contribution in [0.25, 0.3) is 0 Å². The highest BCUT2D eigenvalue weighted by molar-refractivity contribution is 9.10. The highest BCUT2D eigenvalue weighted by atomic mass is 79.9. The molecule has 0 aliphatic carbocycles. The van der Waals surface area contributed by atoms with E-state index in [9.17, 15) is 8.78 Å². The highest BCUT2D eigenvalue weighted by Gasteiger charge is 2.09. The number of anilines is 1. The van der Waals surface area contributed by atoms with E-state index in [1.165, 1.54) is 11.6 Å². The van der Waals surface area contributed by atoms with Crippen LogP contribution in [0.2, 0.25) is 0 Å². The van der Waals surface area contributed by atoms with Gasteiger partial charge in [0.15, 0.2) is 0 Å². The van der Waals surface area contributed by atoms with Gasteiger partial charge in [0.1, 0.15) is 11.6 Å². The van der Waals surface area contributed by atoms with Gasteiger partial charge in [-0.1, -0.05) is 0 Å². The Bertz CT molecular complexity index is 516. The van der Waals surface area contributed by atoms with Crippen LogP contribution in [0.1, 0.15) is 10.4 Å². The standard InChI is InChI=1S/C12H10BrF2NS/c1-7-2-3-17-11(7)6-16-12-9(13)4-8(14)5-10(12)15/h2-5,16H,6H2,1H3. The van der Waals surface area contributed by atoms with Crippen molar-refractivity contribution in [3.05, 3.63) is 50.1 Å². The lowest BCUT2D eigenvalue weighted by Gasteiger charge is -2.09. The molecule has 2 aromatic rings. The third-order valence-electron chi connectivity index (χ3n) is 2.40. The molecular weight excluding hydrogens is 308 g/mol. The second-order valence-corrected chi connectivity index (χ2v) is 5.48. The Morgan fingerprint density at radius 3 is 2.71 bits per heavy atom. The third-order valence-corrected chi connectivity index (χ3v) is 4.05. The van der Waals surface area contributed by atoms with Gasteiger partial charge in [0, 0.05) is 22.0 Å². The van der Waals surface area contributed by atoms with Crippen LogP contribution in [-0.4, -0.2) is 0 Å². The maximum atomic E-state index is 13.5. The summed E-state index contributed by atoms with van der Waals surface area (Å²) in [5.41, 5.74) is 1.46. The maximum Gasteiger partial charge on any atom is 0.150 e. The van der Waals surface area contributed by atoms with Crippen LogP contribution >= 0.6 is 27.3 Å². The summed E-state index contributed by atoms with van der Waals surface area (Å²) in [6.07, 6.45) is 0. The summed E-state index contributed by atoms with van der Waals surface area (Å²) >= 11 is 4.75. The highest BCUT2D eigenvalue weighted by Crippen LogP contribution is 2.28. The molecule has 1 heterocycles. The Morgan fingerprint density at radius 2 is 2.12 bits per heavy atom. The van der Waals surface area contributed by atoms with E-state index in [1.807, 2.05) is 18.4 Å². The quantitative estimate of drug-likeness (QED) is 0.864. The van der Waals surface area contributed by atoms with Gasteiger partial charge in [0.2, 0.25) is 0 Å². The molecule has 17 heavy (non-hydrogen) atoms. The number of rotatable bonds is 3. The predicted octanol–water partition coefficient (Wildman–Crippen LogP) is 4.71. The zero-order chi connectivity index (χ0) is 12.4. The largest absolute Gasteiger partial charge is 0.377 e. The van der Waals surface area contributed by atoms with E-state index in [2.05, 4.69) is 21.2 Å². The first-order valence-electron chi connectivity index (χ1n) is 4.99. The fourth-order valence-electron chi connectivity index (χ4n) is 1.46. The average molecular weight is 318 g/mol. The van der Waals surface area contributed by atoms with E-state index in [0.717, 1.165) is 10.9 Å². The smallest absolute Gasteiger partial charge is 0.150 e. The van der Waals surface area contributed by atoms with Gasteiger partial charge in [-0.2, -0.15) is 0 Å². The number of thiophene rings is 1. The van der Waals surface area contributed by atoms with Crippen molar-refractivity contribution < 1.29 is 8.78 Å². The first kappa shape index (κ1) is 12.5. The van der Waals surface area contributed by atoms with Gasteiger partial charge in [-0.05, 0) is 45.9 Å². The van der Waals surface area contributed by atoms with Crippen molar-refractivity contribution in [3.8, 4) is 0 Å². The molecule has 0 fully saturated rings. The van der Waals surface area contributed by atoms with Crippen molar-refractivity contribution in [1.82, 2.24) is 0 Å². The molecule has 0 saturated heterocycles. The Labute approximate surface area is 111 Å². The zero-order valence-corrected chi connectivity index (χ0v) is 11.5. The summed E-state index contributed by atoms with van der Waals surface area (Å²) in [6, 6.07) is 4.12. The topological polar surface area (TPSA) is 12.0 Å². The van der Waals surface area contributed by atoms with Crippen LogP contribution in [0.4, 0.5) is 14.5 Å². The molecule has 1 nitrogen and oxygen atoms in total. The third kappa shape index (κ3) is 2.84. The van der Waals surface area contributed by atoms with Crippen molar-refractivity contribution in [2.24, 2.45) is 0 Å². The van der Waals surface area contributed by atoms with Crippen molar-refractivity contribution in [3.63, 3.8) is 0 Å². The number of halogens is 3. The molecule has 1 aromatic carbocycles. The molecule has 0 bridgehead atoms. The minimum absolute atomic E-state index is 0.291. The second-order valence-electron chi connectivity index (χ2n) is 3.62. The summed E-state index contributed by atoms with van der Waals surface area (Å²) in [4.78, 5) is 1.14. The summed E-state index contributed by atoms with van der Waals surface area (Å²) in [5.74, 6) is -1.18. The number of benzene rings is 1. The van der Waals surface area contributed by atoms with Gasteiger partial charge >= 0.3 is 0 Å². The van der Waals surface area contributed by atoms with Crippen LogP contribution in [0.3, 0.4) is 0 Å². The Kier molecular flexibility index (Phi) is 3.79. The summed E-state index contributed by atoms with van der Waals surface area (Å²) in [7, 11) is 0. The van der Waals surface area contributed by atoms with E-state index in [1.54, 1.807) is 11.3 Å². The summed E-state index contributed by atoms with van der Waals surface area (Å²) in [5, 5.41) is 4.96. The molecule has 0 unspecified atom stereocenters. The molecule has 2 rings (SSSR count). The van der Waals surface area contributed by atoms with E-state index in [4.69, 9.17) is 0 Å². The summed E-state index contributed by atoms with van der Waals surface area (Å²) < 4.78 is 26.8. The van der Waals surface area contributed by atoms with Crippen molar-refractivity contribution in [2.45, 2.75) is 13.5 Å². The van der Waals surface area contributed by atoms with Gasteiger partial charge in [-0.3, -0.25) is 0 Å². The fourth-order valence-corrected chi connectivity index (χ4v) is 2.86. The lowest BCUT2D eigenvalue weighted by atomic mass is 10.2. The van der Waals surface area contributed by atoms with Crippen molar-refractivity contribution in [1.29, 1.82) is 0 Å². The minimum Gasteiger partial charge on any atom is -0.377 e. The molecule has 0 radical (unpaired) electrons. The first-order valence-corrected chi connectivity index (χ1v) is 6.66. The molecule has 0 aliphatic rings. The first-order chi connectivity index (χ1) is 8.08. The van der Waals surface area contributed by atoms with E-state index >= 15 is 0 Å². The molecule has 1 aromatic heterocycles. The molecular formula is C12H10BrF2NS. The lowest BCUT2D eigenvalue weighted by Crippen LogP contribution is -2.02. The molecule has 90 valence electrons. The second kappa shape index (κ2) is 5.14. The van der Waals surface area contributed by atoms with Crippen LogP contribution in [0, 0.1) is 18.6 Å². The Hall–Kier alpha value is -0.940. The van der Waals surface area contributed by atoms with Gasteiger partial charge in [0.05, 0.1) is 5.69 Å². The van der Waals surface area contributed by atoms with Gasteiger partial charge in [-0.25, -0.2) is 8.78 Å². The Morgan fingerprint density at radius 1 is 1.35 bits per heavy atom. The summed E-state index contributed by atoms with van der Waals surface area (Å²) in [6.45, 7) is 2.54. The van der Waals surface area contributed by atoms with Crippen molar-refractivity contribution in [2.75, 3.05) is 5.32 Å². The van der Waals surface area contributed by atoms with Gasteiger partial charge < -0.3 is 5.32 Å². The zero-order valence-electron chi connectivity index (χ0n) is 9.06. The van der Waals surface area contributed by atoms with Crippen LogP contribution in [0.15, 0.2) is 28.1 Å². The lowest BCUT2D eigenvalue weighted by molar-refractivity contribution is 0.583. The monoisotopic (exact) mass is 317 g/mol. The van der Waals surface area contributed by atoms with E-state index < -0.39 is 11.6 Å². The molecule has 5 heteroatoms. The molecule has 0 saturated carbocycles. The van der Waals surface area contributed by atoms with Gasteiger partial charge in [-0.15, -0.1) is 11.3 Å². The Balaban J connectivity index is 2.17. The van der Waals surface area contributed by atoms with Gasteiger partial charge in [0.25, 0.3) is 0 Å². The molecule has 0 atom stereocenters.